The van der Waals surface area contributed by atoms with Crippen LogP contribution in [-0.4, -0.2) is 30.9 Å². The lowest BCUT2D eigenvalue weighted by molar-refractivity contribution is -0.115. The maximum Gasteiger partial charge on any atom is 0.239 e. The molecule has 0 saturated heterocycles. The molecule has 0 radical (unpaired) electrons. The van der Waals surface area contributed by atoms with Gasteiger partial charge in [0.05, 0.1) is 5.25 Å². The van der Waals surface area contributed by atoms with Crippen LogP contribution in [0.25, 0.3) is 5.65 Å². The third-order valence-electron chi connectivity index (χ3n) is 3.25. The van der Waals surface area contributed by atoms with Gasteiger partial charge in [0.25, 0.3) is 0 Å². The number of nitrogens with one attached hydrogen (secondary N) is 1. The first-order valence-electron chi connectivity index (χ1n) is 7.38. The van der Waals surface area contributed by atoms with Crippen LogP contribution in [0.1, 0.15) is 25.5 Å². The molecule has 3 aromatic rings. The minimum atomic E-state index is -0.274. The molecule has 0 unspecified atom stereocenters. The number of carbonyl (C=O) groups is 1. The summed E-state index contributed by atoms with van der Waals surface area (Å²) in [5.74, 6) is 0.974. The number of aromatic nitrogens is 4. The van der Waals surface area contributed by atoms with Crippen molar-refractivity contribution in [3.8, 4) is 0 Å². The van der Waals surface area contributed by atoms with Gasteiger partial charge in [-0.05, 0) is 25.5 Å². The van der Waals surface area contributed by atoms with E-state index in [1.54, 1.807) is 13.0 Å². The Morgan fingerprint density at radius 1 is 1.43 bits per heavy atom. The first-order valence-corrected chi connectivity index (χ1v) is 8.26. The van der Waals surface area contributed by atoms with Crippen molar-refractivity contribution in [1.82, 2.24) is 19.8 Å². The molecule has 0 aliphatic carbocycles. The second kappa shape index (κ2) is 6.82. The highest BCUT2D eigenvalue weighted by molar-refractivity contribution is 8.00. The number of pyridine rings is 1. The zero-order chi connectivity index (χ0) is 16.2. The monoisotopic (exact) mass is 331 g/mol. The Bertz CT molecular complexity index is 813. The zero-order valence-corrected chi connectivity index (χ0v) is 13.7. The molecule has 0 aromatic carbocycles. The van der Waals surface area contributed by atoms with Gasteiger partial charge in [0.1, 0.15) is 5.76 Å². The lowest BCUT2D eigenvalue weighted by Crippen LogP contribution is -2.25. The summed E-state index contributed by atoms with van der Waals surface area (Å²) in [7, 11) is 0. The van der Waals surface area contributed by atoms with E-state index in [1.807, 2.05) is 35.7 Å². The lowest BCUT2D eigenvalue weighted by Gasteiger charge is -2.13. The largest absolute Gasteiger partial charge is 0.360 e. The van der Waals surface area contributed by atoms with Gasteiger partial charge < -0.3 is 9.84 Å². The first kappa shape index (κ1) is 15.5. The maximum absolute atomic E-state index is 12.5. The molecule has 120 valence electrons. The third-order valence-corrected chi connectivity index (χ3v) is 4.48. The van der Waals surface area contributed by atoms with E-state index in [9.17, 15) is 4.79 Å². The molecule has 0 aliphatic heterocycles. The summed E-state index contributed by atoms with van der Waals surface area (Å²) < 4.78 is 6.85. The van der Waals surface area contributed by atoms with Crippen molar-refractivity contribution in [1.29, 1.82) is 0 Å². The summed E-state index contributed by atoms with van der Waals surface area (Å²) in [6.45, 7) is 3.83. The molecule has 0 saturated carbocycles. The van der Waals surface area contributed by atoms with E-state index < -0.39 is 0 Å². The van der Waals surface area contributed by atoms with E-state index >= 15 is 0 Å². The van der Waals surface area contributed by atoms with Gasteiger partial charge in [-0.2, -0.15) is 0 Å². The number of hydrogen-bond donors (Lipinski definition) is 1. The van der Waals surface area contributed by atoms with Gasteiger partial charge in [-0.1, -0.05) is 36.3 Å². The van der Waals surface area contributed by atoms with Crippen molar-refractivity contribution < 1.29 is 9.32 Å². The molecular weight excluding hydrogens is 314 g/mol. The van der Waals surface area contributed by atoms with Crippen LogP contribution in [0.15, 0.2) is 40.1 Å². The van der Waals surface area contributed by atoms with Gasteiger partial charge >= 0.3 is 0 Å². The van der Waals surface area contributed by atoms with Gasteiger partial charge in [-0.25, -0.2) is 0 Å². The van der Waals surface area contributed by atoms with Crippen LogP contribution in [0.3, 0.4) is 0 Å². The minimum absolute atomic E-state index is 0.113. The van der Waals surface area contributed by atoms with Gasteiger partial charge in [-0.3, -0.25) is 9.20 Å². The van der Waals surface area contributed by atoms with E-state index in [-0.39, 0.29) is 11.2 Å². The second-order valence-corrected chi connectivity index (χ2v) is 6.29. The molecule has 1 atom stereocenters. The molecule has 3 aromatic heterocycles. The Morgan fingerprint density at radius 2 is 2.30 bits per heavy atom. The van der Waals surface area contributed by atoms with Gasteiger partial charge in [0.15, 0.2) is 16.6 Å². The maximum atomic E-state index is 12.5. The summed E-state index contributed by atoms with van der Waals surface area (Å²) in [4.78, 5) is 12.5. The molecule has 0 bridgehead atoms. The van der Waals surface area contributed by atoms with Crippen molar-refractivity contribution in [3.05, 3.63) is 36.2 Å². The smallest absolute Gasteiger partial charge is 0.239 e. The molecule has 1 N–H and O–H groups in total. The molecular formula is C15H17N5O2S. The van der Waals surface area contributed by atoms with Crippen LogP contribution in [0, 0.1) is 6.92 Å². The predicted octanol–water partition coefficient (Wildman–Crippen LogP) is 2.93. The SMILES string of the molecule is CCC[C@@H](Sc1nnc2ccccn12)C(=O)Nc1cc(C)on1. The standard InChI is InChI=1S/C15H17N5O2S/c1-3-6-11(14(21)16-12-9-10(2)22-19-12)23-15-18-17-13-7-4-5-8-20(13)15/h4-5,7-9,11H,3,6H2,1-2H3,(H,16,19,21)/t11-/m1/s1. The zero-order valence-electron chi connectivity index (χ0n) is 12.9. The van der Waals surface area contributed by atoms with Crippen LogP contribution in [0.4, 0.5) is 5.82 Å². The average molecular weight is 331 g/mol. The molecule has 8 heteroatoms. The van der Waals surface area contributed by atoms with Crippen molar-refractivity contribution in [2.75, 3.05) is 5.32 Å². The molecule has 23 heavy (non-hydrogen) atoms. The van der Waals surface area contributed by atoms with Crippen molar-refractivity contribution in [2.24, 2.45) is 0 Å². The van der Waals surface area contributed by atoms with Crippen LogP contribution in [-0.2, 0) is 4.79 Å². The Balaban J connectivity index is 1.76. The fourth-order valence-electron chi connectivity index (χ4n) is 2.16. The number of thioether (sulfide) groups is 1. The summed E-state index contributed by atoms with van der Waals surface area (Å²) in [5.41, 5.74) is 0.762. The number of aryl methyl sites for hydroxylation is 1. The fraction of sp³-hybridized carbons (Fsp3) is 0.333. The third kappa shape index (κ3) is 3.53. The van der Waals surface area contributed by atoms with Crippen LogP contribution in [0.5, 0.6) is 0 Å². The summed E-state index contributed by atoms with van der Waals surface area (Å²) in [6, 6.07) is 7.39. The number of rotatable bonds is 6. The molecule has 7 nitrogen and oxygen atoms in total. The van der Waals surface area contributed by atoms with E-state index in [0.29, 0.717) is 16.7 Å². The summed E-state index contributed by atoms with van der Waals surface area (Å²) >= 11 is 1.40. The van der Waals surface area contributed by atoms with E-state index in [1.165, 1.54) is 11.8 Å². The van der Waals surface area contributed by atoms with E-state index in [4.69, 9.17) is 4.52 Å². The van der Waals surface area contributed by atoms with Gasteiger partial charge in [0.2, 0.25) is 5.91 Å². The predicted molar refractivity (Wildman–Crippen MR) is 87.4 cm³/mol. The van der Waals surface area contributed by atoms with E-state index in [0.717, 1.165) is 18.5 Å². The van der Waals surface area contributed by atoms with Crippen molar-refractivity contribution in [2.45, 2.75) is 37.1 Å². The molecule has 3 heterocycles. The minimum Gasteiger partial charge on any atom is -0.360 e. The summed E-state index contributed by atoms with van der Waals surface area (Å²) in [5, 5.41) is 15.3. The Morgan fingerprint density at radius 3 is 3.04 bits per heavy atom. The lowest BCUT2D eigenvalue weighted by atomic mass is 10.2. The first-order chi connectivity index (χ1) is 11.2. The number of amides is 1. The van der Waals surface area contributed by atoms with Crippen LogP contribution < -0.4 is 5.32 Å². The summed E-state index contributed by atoms with van der Waals surface area (Å²) in [6.07, 6.45) is 3.51. The molecule has 1 amide bonds. The number of hydrogen-bond acceptors (Lipinski definition) is 6. The quantitative estimate of drug-likeness (QED) is 0.699. The van der Waals surface area contributed by atoms with E-state index in [2.05, 4.69) is 20.7 Å². The van der Waals surface area contributed by atoms with Crippen molar-refractivity contribution >= 4 is 29.1 Å². The Kier molecular flexibility index (Phi) is 4.61. The van der Waals surface area contributed by atoms with Crippen molar-refractivity contribution in [3.63, 3.8) is 0 Å². The Labute approximate surface area is 137 Å². The van der Waals surface area contributed by atoms with Gasteiger partial charge in [-0.15, -0.1) is 10.2 Å². The van der Waals surface area contributed by atoms with Gasteiger partial charge in [0, 0.05) is 12.3 Å². The molecule has 3 rings (SSSR count). The highest BCUT2D eigenvalue weighted by Crippen LogP contribution is 2.26. The fourth-order valence-corrected chi connectivity index (χ4v) is 3.29. The number of carbonyl (C=O) groups excluding carboxylic acids is 1. The highest BCUT2D eigenvalue weighted by atomic mass is 32.2. The number of fused-ring (bicyclic) bond motifs is 1. The molecule has 0 fully saturated rings. The molecule has 0 aliphatic rings. The highest BCUT2D eigenvalue weighted by Gasteiger charge is 2.22. The van der Waals surface area contributed by atoms with Crippen LogP contribution >= 0.6 is 11.8 Å². The number of nitrogens with zero attached hydrogens (tertiary/aromatic N) is 4. The van der Waals surface area contributed by atoms with Crippen LogP contribution in [0.2, 0.25) is 0 Å². The normalized spacial score (nSPS) is 12.4. The molecule has 0 spiro atoms. The average Bonchev–Trinajstić information content (AvgIpc) is 3.13. The Hall–Kier alpha value is -2.35. The second-order valence-electron chi connectivity index (χ2n) is 5.12. The topological polar surface area (TPSA) is 85.3 Å². The number of anilines is 1.